The van der Waals surface area contributed by atoms with Gasteiger partial charge in [0.25, 0.3) is 5.91 Å². The van der Waals surface area contributed by atoms with Gasteiger partial charge in [-0.15, -0.1) is 0 Å². The molecule has 30 heavy (non-hydrogen) atoms. The number of aromatic nitrogens is 1. The number of aromatic amines is 1. The topological polar surface area (TPSA) is 85.5 Å². The van der Waals surface area contributed by atoms with Crippen LogP contribution < -0.4 is 10.9 Å². The Bertz CT molecular complexity index is 1180. The summed E-state index contributed by atoms with van der Waals surface area (Å²) in [5.74, 6) is -0.270. The standard InChI is InChI=1S/C22H24N4O3S/c1-15-12-21(27)24-20-7-6-17(14-19(15)20)23-22(28)16-4-3-5-18(13-16)30(29)26-10-8-25(2)9-11-26/h3-7,12-14H,8-11H2,1-2H3,(H,23,28)(H,24,27). The van der Waals surface area contributed by atoms with Crippen molar-refractivity contribution in [2.45, 2.75) is 11.8 Å². The average molecular weight is 425 g/mol. The summed E-state index contributed by atoms with van der Waals surface area (Å²) in [6.07, 6.45) is 0. The van der Waals surface area contributed by atoms with E-state index in [1.54, 1.807) is 36.4 Å². The van der Waals surface area contributed by atoms with Gasteiger partial charge in [0.1, 0.15) is 11.0 Å². The van der Waals surface area contributed by atoms with Crippen LogP contribution in [-0.4, -0.2) is 57.5 Å². The molecule has 1 aliphatic heterocycles. The van der Waals surface area contributed by atoms with E-state index in [0.29, 0.717) is 16.1 Å². The van der Waals surface area contributed by atoms with Gasteiger partial charge in [-0.1, -0.05) is 6.07 Å². The molecule has 0 radical (unpaired) electrons. The minimum absolute atomic E-state index is 0.151. The SMILES string of the molecule is Cc1cc(=O)[nH]c2ccc(NC(=O)c3cccc(S(=O)N4CCN(C)CC4)c3)cc12. The maximum Gasteiger partial charge on any atom is 0.255 e. The summed E-state index contributed by atoms with van der Waals surface area (Å²) in [6.45, 7) is 5.08. The predicted molar refractivity (Wildman–Crippen MR) is 119 cm³/mol. The van der Waals surface area contributed by atoms with Crippen LogP contribution >= 0.6 is 0 Å². The minimum atomic E-state index is -1.29. The number of fused-ring (bicyclic) bond motifs is 1. The Morgan fingerprint density at radius 1 is 1.07 bits per heavy atom. The number of likely N-dealkylation sites (N-methyl/N-ethyl adjacent to an activating group) is 1. The van der Waals surface area contributed by atoms with E-state index in [1.807, 2.05) is 17.3 Å². The molecule has 2 N–H and O–H groups in total. The van der Waals surface area contributed by atoms with Gasteiger partial charge in [-0.25, -0.2) is 8.51 Å². The number of aryl methyl sites for hydroxylation is 1. The van der Waals surface area contributed by atoms with E-state index in [-0.39, 0.29) is 11.5 Å². The summed E-state index contributed by atoms with van der Waals surface area (Å²) in [6, 6.07) is 13.8. The number of rotatable bonds is 4. The van der Waals surface area contributed by atoms with Crippen LogP contribution in [0.5, 0.6) is 0 Å². The van der Waals surface area contributed by atoms with Gasteiger partial charge in [0, 0.05) is 54.4 Å². The van der Waals surface area contributed by atoms with E-state index < -0.39 is 11.0 Å². The number of nitrogens with zero attached hydrogens (tertiary/aromatic N) is 2. The van der Waals surface area contributed by atoms with Gasteiger partial charge in [0.05, 0.1) is 4.90 Å². The first-order valence-corrected chi connectivity index (χ1v) is 10.9. The molecule has 8 heteroatoms. The summed E-state index contributed by atoms with van der Waals surface area (Å²) in [5, 5.41) is 3.77. The lowest BCUT2D eigenvalue weighted by atomic mass is 10.1. The van der Waals surface area contributed by atoms with E-state index >= 15 is 0 Å². The molecule has 3 aromatic rings. The molecular formula is C22H24N4O3S. The molecule has 1 atom stereocenters. The zero-order chi connectivity index (χ0) is 21.3. The predicted octanol–water partition coefficient (Wildman–Crippen LogP) is 2.36. The number of H-pyrrole nitrogens is 1. The van der Waals surface area contributed by atoms with Gasteiger partial charge in [0.2, 0.25) is 5.56 Å². The molecule has 1 saturated heterocycles. The Hall–Kier alpha value is -2.81. The molecule has 0 spiro atoms. The number of benzene rings is 2. The summed E-state index contributed by atoms with van der Waals surface area (Å²) < 4.78 is 14.8. The fourth-order valence-electron chi connectivity index (χ4n) is 3.55. The number of carbonyl (C=O) groups excluding carboxylic acids is 1. The summed E-state index contributed by atoms with van der Waals surface area (Å²) in [4.78, 5) is 30.0. The van der Waals surface area contributed by atoms with Crippen LogP contribution in [0, 0.1) is 6.92 Å². The smallest absolute Gasteiger partial charge is 0.255 e. The number of nitrogens with one attached hydrogen (secondary N) is 2. The van der Waals surface area contributed by atoms with Crippen molar-refractivity contribution < 1.29 is 9.00 Å². The Kier molecular flexibility index (Phi) is 5.80. The van der Waals surface area contributed by atoms with Crippen LogP contribution in [0.25, 0.3) is 10.9 Å². The van der Waals surface area contributed by atoms with Crippen LogP contribution in [0.1, 0.15) is 15.9 Å². The number of hydrogen-bond acceptors (Lipinski definition) is 4. The highest BCUT2D eigenvalue weighted by atomic mass is 32.2. The van der Waals surface area contributed by atoms with E-state index in [0.717, 1.165) is 42.6 Å². The molecule has 7 nitrogen and oxygen atoms in total. The summed E-state index contributed by atoms with van der Waals surface area (Å²) in [7, 11) is 0.764. The van der Waals surface area contributed by atoms with E-state index in [2.05, 4.69) is 22.2 Å². The first kappa shape index (κ1) is 20.5. The molecule has 4 rings (SSSR count). The molecule has 1 amide bonds. The summed E-state index contributed by atoms with van der Waals surface area (Å²) >= 11 is 0. The van der Waals surface area contributed by atoms with Gasteiger partial charge in [-0.3, -0.25) is 9.59 Å². The van der Waals surface area contributed by atoms with Crippen molar-refractivity contribution in [2.75, 3.05) is 38.5 Å². The number of carbonyl (C=O) groups is 1. The molecule has 1 fully saturated rings. The zero-order valence-electron chi connectivity index (χ0n) is 17.0. The number of anilines is 1. The Labute approximate surface area is 177 Å². The molecule has 2 aromatic carbocycles. The molecule has 1 aliphatic rings. The molecule has 0 aliphatic carbocycles. The number of amides is 1. The molecule has 2 heterocycles. The molecule has 1 unspecified atom stereocenters. The Balaban J connectivity index is 1.53. The second kappa shape index (κ2) is 8.51. The Morgan fingerprint density at radius 2 is 1.83 bits per heavy atom. The summed E-state index contributed by atoms with van der Waals surface area (Å²) in [5.41, 5.74) is 2.50. The lowest BCUT2D eigenvalue weighted by Gasteiger charge is -2.31. The van der Waals surface area contributed by atoms with Crippen molar-refractivity contribution in [2.24, 2.45) is 0 Å². The molecule has 0 bridgehead atoms. The monoisotopic (exact) mass is 424 g/mol. The van der Waals surface area contributed by atoms with Crippen LogP contribution in [0.3, 0.4) is 0 Å². The first-order valence-electron chi connectivity index (χ1n) is 9.81. The third kappa shape index (κ3) is 4.35. The van der Waals surface area contributed by atoms with Crippen LogP contribution in [0.4, 0.5) is 5.69 Å². The number of piperazine rings is 1. The van der Waals surface area contributed by atoms with E-state index in [4.69, 9.17) is 0 Å². The fourth-order valence-corrected chi connectivity index (χ4v) is 4.77. The quantitative estimate of drug-likeness (QED) is 0.673. The number of hydrogen-bond donors (Lipinski definition) is 2. The minimum Gasteiger partial charge on any atom is -0.322 e. The average Bonchev–Trinajstić information content (AvgIpc) is 2.74. The lowest BCUT2D eigenvalue weighted by Crippen LogP contribution is -2.45. The van der Waals surface area contributed by atoms with Crippen LogP contribution in [0.15, 0.2) is 58.2 Å². The fraction of sp³-hybridized carbons (Fsp3) is 0.273. The third-order valence-electron chi connectivity index (χ3n) is 5.30. The highest BCUT2D eigenvalue weighted by Gasteiger charge is 2.21. The van der Waals surface area contributed by atoms with Crippen molar-refractivity contribution in [1.29, 1.82) is 0 Å². The van der Waals surface area contributed by atoms with Gasteiger partial charge in [-0.2, -0.15) is 0 Å². The molecular weight excluding hydrogens is 400 g/mol. The largest absolute Gasteiger partial charge is 0.322 e. The van der Waals surface area contributed by atoms with Crippen molar-refractivity contribution in [3.05, 3.63) is 70.0 Å². The highest BCUT2D eigenvalue weighted by molar-refractivity contribution is 7.82. The van der Waals surface area contributed by atoms with Crippen molar-refractivity contribution >= 4 is 33.5 Å². The van der Waals surface area contributed by atoms with Crippen LogP contribution in [0.2, 0.25) is 0 Å². The Morgan fingerprint density at radius 3 is 2.60 bits per heavy atom. The maximum absolute atomic E-state index is 12.9. The van der Waals surface area contributed by atoms with Gasteiger partial charge in [0.15, 0.2) is 0 Å². The van der Waals surface area contributed by atoms with Gasteiger partial charge < -0.3 is 15.2 Å². The first-order chi connectivity index (χ1) is 14.4. The van der Waals surface area contributed by atoms with E-state index in [9.17, 15) is 13.8 Å². The van der Waals surface area contributed by atoms with Crippen LogP contribution in [-0.2, 0) is 11.0 Å². The highest BCUT2D eigenvalue weighted by Crippen LogP contribution is 2.21. The second-order valence-corrected chi connectivity index (χ2v) is 9.03. The van der Waals surface area contributed by atoms with Crippen molar-refractivity contribution in [3.63, 3.8) is 0 Å². The molecule has 0 saturated carbocycles. The third-order valence-corrected chi connectivity index (χ3v) is 6.79. The number of pyridine rings is 1. The maximum atomic E-state index is 12.9. The second-order valence-electron chi connectivity index (χ2n) is 7.54. The van der Waals surface area contributed by atoms with Crippen molar-refractivity contribution in [3.8, 4) is 0 Å². The molecule has 156 valence electrons. The lowest BCUT2D eigenvalue weighted by molar-refractivity contribution is 0.102. The normalized spacial score (nSPS) is 16.5. The van der Waals surface area contributed by atoms with Gasteiger partial charge in [-0.05, 0) is 55.9 Å². The van der Waals surface area contributed by atoms with Gasteiger partial charge >= 0.3 is 0 Å². The van der Waals surface area contributed by atoms with E-state index in [1.165, 1.54) is 6.07 Å². The molecule has 1 aromatic heterocycles. The zero-order valence-corrected chi connectivity index (χ0v) is 17.8. The van der Waals surface area contributed by atoms with Crippen molar-refractivity contribution in [1.82, 2.24) is 14.2 Å².